The van der Waals surface area contributed by atoms with Crippen molar-refractivity contribution in [3.05, 3.63) is 18.2 Å². The van der Waals surface area contributed by atoms with Gasteiger partial charge < -0.3 is 24.6 Å². The van der Waals surface area contributed by atoms with Crippen molar-refractivity contribution < 1.29 is 24.5 Å². The van der Waals surface area contributed by atoms with E-state index in [1.807, 2.05) is 30.1 Å². The highest BCUT2D eigenvalue weighted by Gasteiger charge is 2.16. The molecular formula is C13H17NO5. The number of fused-ring (bicyclic) bond motifs is 1. The quantitative estimate of drug-likeness (QED) is 0.803. The van der Waals surface area contributed by atoms with Gasteiger partial charge in [0.25, 0.3) is 0 Å². The molecule has 1 unspecified atom stereocenters. The fraction of sp³-hybridized carbons (Fsp3) is 0.462. The smallest absolute Gasteiger partial charge is 0.303 e. The van der Waals surface area contributed by atoms with Gasteiger partial charge in [0.1, 0.15) is 0 Å². The van der Waals surface area contributed by atoms with Gasteiger partial charge in [-0.2, -0.15) is 0 Å². The molecule has 6 nitrogen and oxygen atoms in total. The number of carboxylic acid groups (broad SMARTS) is 1. The van der Waals surface area contributed by atoms with E-state index in [-0.39, 0.29) is 19.6 Å². The van der Waals surface area contributed by atoms with Crippen LogP contribution >= 0.6 is 0 Å². The fourth-order valence-electron chi connectivity index (χ4n) is 1.93. The molecule has 0 saturated heterocycles. The maximum Gasteiger partial charge on any atom is 0.303 e. The van der Waals surface area contributed by atoms with Crippen molar-refractivity contribution in [2.45, 2.75) is 18.9 Å². The van der Waals surface area contributed by atoms with Crippen molar-refractivity contribution >= 4 is 11.7 Å². The number of anilines is 1. The summed E-state index contributed by atoms with van der Waals surface area (Å²) in [5.41, 5.74) is 0.888. The minimum atomic E-state index is -0.898. The number of nitrogens with zero attached hydrogens (tertiary/aromatic N) is 1. The second-order valence-corrected chi connectivity index (χ2v) is 4.50. The summed E-state index contributed by atoms with van der Waals surface area (Å²) in [5, 5.41) is 18.3. The van der Waals surface area contributed by atoms with Crippen LogP contribution in [0.25, 0.3) is 0 Å². The summed E-state index contributed by atoms with van der Waals surface area (Å²) >= 11 is 0. The zero-order valence-electron chi connectivity index (χ0n) is 10.7. The molecule has 2 rings (SSSR count). The van der Waals surface area contributed by atoms with Crippen LogP contribution in [0.5, 0.6) is 11.5 Å². The Morgan fingerprint density at radius 1 is 1.42 bits per heavy atom. The highest BCUT2D eigenvalue weighted by atomic mass is 16.7. The largest absolute Gasteiger partial charge is 0.481 e. The molecule has 0 fully saturated rings. The van der Waals surface area contributed by atoms with Gasteiger partial charge in [-0.3, -0.25) is 4.79 Å². The number of ether oxygens (including phenoxy) is 2. The molecule has 0 radical (unpaired) electrons. The highest BCUT2D eigenvalue weighted by Crippen LogP contribution is 2.35. The Morgan fingerprint density at radius 2 is 2.16 bits per heavy atom. The summed E-state index contributed by atoms with van der Waals surface area (Å²) in [6, 6.07) is 5.53. The van der Waals surface area contributed by atoms with Gasteiger partial charge in [0.15, 0.2) is 11.5 Å². The second kappa shape index (κ2) is 5.79. The molecule has 0 aromatic heterocycles. The molecule has 1 aliphatic rings. The van der Waals surface area contributed by atoms with E-state index in [1.165, 1.54) is 0 Å². The van der Waals surface area contributed by atoms with Crippen molar-refractivity contribution in [2.75, 3.05) is 25.3 Å². The third kappa shape index (κ3) is 3.51. The van der Waals surface area contributed by atoms with E-state index in [1.54, 1.807) is 0 Å². The lowest BCUT2D eigenvalue weighted by Crippen LogP contribution is -2.29. The predicted octanol–water partition coefficient (Wildman–Crippen LogP) is 1.08. The van der Waals surface area contributed by atoms with Gasteiger partial charge in [-0.15, -0.1) is 0 Å². The first-order valence-corrected chi connectivity index (χ1v) is 6.07. The molecule has 6 heteroatoms. The first-order valence-electron chi connectivity index (χ1n) is 6.07. The maximum absolute atomic E-state index is 10.4. The van der Waals surface area contributed by atoms with E-state index in [2.05, 4.69) is 0 Å². The van der Waals surface area contributed by atoms with E-state index in [0.29, 0.717) is 18.0 Å². The Kier molecular flexibility index (Phi) is 4.11. The van der Waals surface area contributed by atoms with Crippen molar-refractivity contribution in [3.8, 4) is 11.5 Å². The minimum Gasteiger partial charge on any atom is -0.481 e. The number of hydrogen-bond donors (Lipinski definition) is 2. The van der Waals surface area contributed by atoms with E-state index in [4.69, 9.17) is 14.6 Å². The number of aliphatic carboxylic acids is 1. The number of aliphatic hydroxyl groups is 1. The van der Waals surface area contributed by atoms with Crippen LogP contribution in [-0.4, -0.2) is 42.7 Å². The van der Waals surface area contributed by atoms with Gasteiger partial charge in [0.2, 0.25) is 6.79 Å². The fourth-order valence-corrected chi connectivity index (χ4v) is 1.93. The lowest BCUT2D eigenvalue weighted by atomic mass is 10.2. The summed E-state index contributed by atoms with van der Waals surface area (Å²) in [6.07, 6.45) is -0.466. The topological polar surface area (TPSA) is 79.2 Å². The summed E-state index contributed by atoms with van der Waals surface area (Å²) in [4.78, 5) is 12.3. The van der Waals surface area contributed by atoms with Crippen LogP contribution in [0, 0.1) is 0 Å². The van der Waals surface area contributed by atoms with Gasteiger partial charge in [-0.25, -0.2) is 0 Å². The van der Waals surface area contributed by atoms with Gasteiger partial charge in [0.05, 0.1) is 6.10 Å². The first-order chi connectivity index (χ1) is 9.06. The summed E-state index contributed by atoms with van der Waals surface area (Å²) < 4.78 is 10.5. The molecule has 0 saturated carbocycles. The van der Waals surface area contributed by atoms with Gasteiger partial charge in [0, 0.05) is 31.8 Å². The van der Waals surface area contributed by atoms with Crippen LogP contribution in [0.1, 0.15) is 12.8 Å². The van der Waals surface area contributed by atoms with Crippen LogP contribution < -0.4 is 14.4 Å². The number of carboxylic acids is 1. The summed E-state index contributed by atoms with van der Waals surface area (Å²) in [7, 11) is 1.83. The SMILES string of the molecule is CN(CC(O)CCC(=O)O)c1ccc2c(c1)OCO2. The molecule has 19 heavy (non-hydrogen) atoms. The molecule has 1 atom stereocenters. The lowest BCUT2D eigenvalue weighted by Gasteiger charge is -2.22. The number of hydrogen-bond acceptors (Lipinski definition) is 5. The molecule has 0 amide bonds. The van der Waals surface area contributed by atoms with Crippen LogP contribution in [0.3, 0.4) is 0 Å². The first kappa shape index (κ1) is 13.5. The van der Waals surface area contributed by atoms with Crippen LogP contribution in [-0.2, 0) is 4.79 Å². The number of rotatable bonds is 6. The number of aliphatic hydroxyl groups excluding tert-OH is 1. The number of likely N-dealkylation sites (N-methyl/N-ethyl adjacent to an activating group) is 1. The Balaban J connectivity index is 1.92. The average Bonchev–Trinajstić information content (AvgIpc) is 2.83. The normalized spacial score (nSPS) is 14.2. The summed E-state index contributed by atoms with van der Waals surface area (Å²) in [6.45, 7) is 0.594. The molecule has 1 heterocycles. The monoisotopic (exact) mass is 267 g/mol. The van der Waals surface area contributed by atoms with E-state index >= 15 is 0 Å². The zero-order valence-corrected chi connectivity index (χ0v) is 10.7. The Hall–Kier alpha value is -1.95. The molecule has 0 spiro atoms. The molecule has 1 aromatic rings. The van der Waals surface area contributed by atoms with E-state index < -0.39 is 12.1 Å². The Morgan fingerprint density at radius 3 is 2.89 bits per heavy atom. The van der Waals surface area contributed by atoms with E-state index in [9.17, 15) is 9.90 Å². The second-order valence-electron chi connectivity index (χ2n) is 4.50. The molecule has 1 aromatic carbocycles. The van der Waals surface area contributed by atoms with Crippen molar-refractivity contribution in [1.82, 2.24) is 0 Å². The number of carbonyl (C=O) groups is 1. The van der Waals surface area contributed by atoms with Crippen LogP contribution in [0.4, 0.5) is 5.69 Å². The van der Waals surface area contributed by atoms with Gasteiger partial charge in [-0.05, 0) is 18.6 Å². The van der Waals surface area contributed by atoms with E-state index in [0.717, 1.165) is 5.69 Å². The molecule has 2 N–H and O–H groups in total. The highest BCUT2D eigenvalue weighted by molar-refractivity contribution is 5.66. The minimum absolute atomic E-state index is 0.0316. The average molecular weight is 267 g/mol. The number of benzene rings is 1. The third-order valence-corrected chi connectivity index (χ3v) is 2.97. The summed E-state index contributed by atoms with van der Waals surface area (Å²) in [5.74, 6) is 0.498. The molecule has 1 aliphatic heterocycles. The Labute approximate surface area is 111 Å². The molecular weight excluding hydrogens is 250 g/mol. The third-order valence-electron chi connectivity index (χ3n) is 2.97. The molecule has 104 valence electrons. The van der Waals surface area contributed by atoms with Gasteiger partial charge >= 0.3 is 5.97 Å². The maximum atomic E-state index is 10.4. The van der Waals surface area contributed by atoms with Crippen molar-refractivity contribution in [3.63, 3.8) is 0 Å². The lowest BCUT2D eigenvalue weighted by molar-refractivity contribution is -0.137. The predicted molar refractivity (Wildman–Crippen MR) is 68.7 cm³/mol. The zero-order chi connectivity index (χ0) is 13.8. The Bertz CT molecular complexity index is 462. The molecule has 0 bridgehead atoms. The van der Waals surface area contributed by atoms with Crippen LogP contribution in [0.2, 0.25) is 0 Å². The van der Waals surface area contributed by atoms with Crippen LogP contribution in [0.15, 0.2) is 18.2 Å². The van der Waals surface area contributed by atoms with Crippen molar-refractivity contribution in [1.29, 1.82) is 0 Å². The standard InChI is InChI=1S/C13H17NO5/c1-14(7-10(15)3-5-13(16)17)9-2-4-11-12(6-9)19-8-18-11/h2,4,6,10,15H,3,5,7-8H2,1H3,(H,16,17). The van der Waals surface area contributed by atoms with Gasteiger partial charge in [-0.1, -0.05) is 0 Å². The van der Waals surface area contributed by atoms with Crippen molar-refractivity contribution in [2.24, 2.45) is 0 Å². The molecule has 0 aliphatic carbocycles.